The molecule has 10 heteroatoms. The van der Waals surface area contributed by atoms with Crippen LogP contribution in [0.2, 0.25) is 0 Å². The van der Waals surface area contributed by atoms with Crippen LogP contribution in [0.25, 0.3) is 0 Å². The van der Waals surface area contributed by atoms with E-state index >= 15 is 0 Å². The lowest BCUT2D eigenvalue weighted by Gasteiger charge is -2.18. The van der Waals surface area contributed by atoms with Crippen LogP contribution < -0.4 is 15.5 Å². The number of aryl methyl sites for hydroxylation is 1. The van der Waals surface area contributed by atoms with Gasteiger partial charge in [-0.25, -0.2) is 4.90 Å². The summed E-state index contributed by atoms with van der Waals surface area (Å²) in [5.41, 5.74) is 1.37. The molecular weight excluding hydrogens is 495 g/mol. The Morgan fingerprint density at radius 2 is 1.56 bits per heavy atom. The van der Waals surface area contributed by atoms with Crippen LogP contribution in [-0.4, -0.2) is 17.7 Å². The lowest BCUT2D eigenvalue weighted by Crippen LogP contribution is -2.33. The molecule has 0 bridgehead atoms. The van der Waals surface area contributed by atoms with Crippen molar-refractivity contribution in [3.8, 4) is 0 Å². The predicted octanol–water partition coefficient (Wildman–Crippen LogP) is 6.01. The molecule has 0 atom stereocenters. The molecule has 0 aliphatic carbocycles. The van der Waals surface area contributed by atoms with E-state index in [2.05, 4.69) is 10.6 Å². The van der Waals surface area contributed by atoms with Crippen LogP contribution in [0.15, 0.2) is 77.5 Å². The van der Waals surface area contributed by atoms with Crippen molar-refractivity contribution in [2.45, 2.75) is 20.0 Å². The highest BCUT2D eigenvalue weighted by atomic mass is 35.5. The first-order valence-corrected chi connectivity index (χ1v) is 11.1. The Kier molecular flexibility index (Phi) is 6.60. The second kappa shape index (κ2) is 9.50. The highest BCUT2D eigenvalue weighted by Crippen LogP contribution is 2.33. The van der Waals surface area contributed by atoms with E-state index in [-0.39, 0.29) is 27.7 Å². The molecule has 0 aromatic heterocycles. The molecule has 1 heterocycles. The van der Waals surface area contributed by atoms with E-state index < -0.39 is 29.5 Å². The number of imide groups is 1. The second-order valence-electron chi connectivity index (χ2n) is 8.09. The zero-order valence-corrected chi connectivity index (χ0v) is 19.8. The molecule has 3 amide bonds. The third-order valence-corrected chi connectivity index (χ3v) is 6.04. The summed E-state index contributed by atoms with van der Waals surface area (Å²) < 4.78 is 38.9. The second-order valence-corrected chi connectivity index (χ2v) is 8.47. The maximum absolute atomic E-state index is 13.1. The Balaban J connectivity index is 1.55. The molecule has 3 aromatic carbocycles. The molecule has 1 aliphatic rings. The van der Waals surface area contributed by atoms with Crippen LogP contribution in [0.1, 0.15) is 27.0 Å². The van der Waals surface area contributed by atoms with Crippen LogP contribution in [0.5, 0.6) is 0 Å². The molecule has 36 heavy (non-hydrogen) atoms. The Hall–Kier alpha value is -4.11. The lowest BCUT2D eigenvalue weighted by molar-refractivity contribution is -0.137. The van der Waals surface area contributed by atoms with Crippen molar-refractivity contribution in [2.75, 3.05) is 15.5 Å². The van der Waals surface area contributed by atoms with Crippen molar-refractivity contribution < 1.29 is 27.6 Å². The van der Waals surface area contributed by atoms with Gasteiger partial charge in [0.05, 0.1) is 11.3 Å². The molecule has 0 saturated heterocycles. The molecule has 0 spiro atoms. The first-order chi connectivity index (χ1) is 17.0. The van der Waals surface area contributed by atoms with Crippen molar-refractivity contribution in [1.82, 2.24) is 0 Å². The fraction of sp³-hybridized carbons (Fsp3) is 0.115. The third kappa shape index (κ3) is 4.83. The Labute approximate surface area is 209 Å². The number of amides is 3. The largest absolute Gasteiger partial charge is 0.416 e. The molecule has 0 unspecified atom stereocenters. The summed E-state index contributed by atoms with van der Waals surface area (Å²) in [7, 11) is 0. The smallest absolute Gasteiger partial charge is 0.350 e. The van der Waals surface area contributed by atoms with Gasteiger partial charge in [-0.3, -0.25) is 14.4 Å². The van der Waals surface area contributed by atoms with Crippen LogP contribution in [0.3, 0.4) is 0 Å². The van der Waals surface area contributed by atoms with Gasteiger partial charge >= 0.3 is 6.18 Å². The predicted molar refractivity (Wildman–Crippen MR) is 131 cm³/mol. The van der Waals surface area contributed by atoms with Gasteiger partial charge in [0.1, 0.15) is 10.7 Å². The van der Waals surface area contributed by atoms with Gasteiger partial charge in [0, 0.05) is 16.9 Å². The van der Waals surface area contributed by atoms with E-state index in [1.165, 1.54) is 30.3 Å². The van der Waals surface area contributed by atoms with Crippen molar-refractivity contribution in [2.24, 2.45) is 0 Å². The first-order valence-electron chi connectivity index (χ1n) is 10.7. The van der Waals surface area contributed by atoms with Crippen LogP contribution in [-0.2, 0) is 15.8 Å². The molecule has 0 saturated carbocycles. The summed E-state index contributed by atoms with van der Waals surface area (Å²) in [5, 5.41) is 4.92. The average Bonchev–Trinajstić information content (AvgIpc) is 3.04. The van der Waals surface area contributed by atoms with Crippen molar-refractivity contribution in [3.63, 3.8) is 0 Å². The molecule has 0 radical (unpaired) electrons. The highest BCUT2D eigenvalue weighted by Gasteiger charge is 2.39. The zero-order chi connectivity index (χ0) is 26.2. The van der Waals surface area contributed by atoms with E-state index in [1.807, 2.05) is 13.0 Å². The van der Waals surface area contributed by atoms with E-state index in [9.17, 15) is 27.6 Å². The van der Waals surface area contributed by atoms with E-state index in [0.717, 1.165) is 28.2 Å². The SMILES string of the molecule is Cc1cccc(N2C(=O)C(Cl)=C(Nc3cccc(C(=O)Nc4cccc(C(F)(F)F)c4)c3)C2=O)c1C. The number of benzene rings is 3. The lowest BCUT2D eigenvalue weighted by atomic mass is 10.1. The number of alkyl halides is 3. The summed E-state index contributed by atoms with van der Waals surface area (Å²) in [6, 6.07) is 15.4. The standard InChI is InChI=1S/C26H19ClF3N3O3/c1-14-6-3-11-20(15(14)2)33-24(35)21(27)22(25(33)36)31-18-9-4-7-16(12-18)23(34)32-19-10-5-8-17(13-19)26(28,29)30/h3-13,31H,1-2H3,(H,32,34). The maximum atomic E-state index is 13.1. The average molecular weight is 514 g/mol. The Bertz CT molecular complexity index is 1430. The van der Waals surface area contributed by atoms with Crippen LogP contribution in [0, 0.1) is 13.8 Å². The van der Waals surface area contributed by atoms with Crippen molar-refractivity contribution in [1.29, 1.82) is 0 Å². The summed E-state index contributed by atoms with van der Waals surface area (Å²) in [6.45, 7) is 3.64. The normalized spacial score (nSPS) is 13.9. The van der Waals surface area contributed by atoms with Gasteiger partial charge < -0.3 is 10.6 Å². The molecule has 1 aliphatic heterocycles. The molecule has 3 aromatic rings. The summed E-state index contributed by atoms with van der Waals surface area (Å²) in [6.07, 6.45) is -4.55. The molecule has 6 nitrogen and oxygen atoms in total. The van der Waals surface area contributed by atoms with Crippen LogP contribution >= 0.6 is 11.6 Å². The summed E-state index contributed by atoms with van der Waals surface area (Å²) in [5.74, 6) is -2.00. The Morgan fingerprint density at radius 3 is 2.28 bits per heavy atom. The Morgan fingerprint density at radius 1 is 0.889 bits per heavy atom. The number of hydrogen-bond donors (Lipinski definition) is 2. The zero-order valence-electron chi connectivity index (χ0n) is 19.0. The number of rotatable bonds is 5. The van der Waals surface area contributed by atoms with Gasteiger partial charge in [0.15, 0.2) is 0 Å². The van der Waals surface area contributed by atoms with Crippen molar-refractivity contribution in [3.05, 3.63) is 99.7 Å². The minimum absolute atomic E-state index is 0.0281. The van der Waals surface area contributed by atoms with Crippen molar-refractivity contribution >= 4 is 46.4 Å². The number of hydrogen-bond acceptors (Lipinski definition) is 4. The number of halogens is 4. The van der Waals surface area contributed by atoms with Crippen LogP contribution in [0.4, 0.5) is 30.2 Å². The minimum Gasteiger partial charge on any atom is -0.350 e. The fourth-order valence-electron chi connectivity index (χ4n) is 3.67. The monoisotopic (exact) mass is 513 g/mol. The number of anilines is 3. The highest BCUT2D eigenvalue weighted by molar-refractivity contribution is 6.53. The van der Waals surface area contributed by atoms with Gasteiger partial charge in [-0.2, -0.15) is 13.2 Å². The summed E-state index contributed by atoms with van der Waals surface area (Å²) in [4.78, 5) is 39.5. The van der Waals surface area contributed by atoms with Gasteiger partial charge in [-0.15, -0.1) is 0 Å². The topological polar surface area (TPSA) is 78.5 Å². The quantitative estimate of drug-likeness (QED) is 0.410. The maximum Gasteiger partial charge on any atom is 0.416 e. The number of nitrogens with zero attached hydrogens (tertiary/aromatic N) is 1. The fourth-order valence-corrected chi connectivity index (χ4v) is 3.88. The van der Waals surface area contributed by atoms with Gasteiger partial charge in [0.25, 0.3) is 17.7 Å². The summed E-state index contributed by atoms with van der Waals surface area (Å²) >= 11 is 6.21. The minimum atomic E-state index is -4.55. The third-order valence-electron chi connectivity index (χ3n) is 5.69. The van der Waals surface area contributed by atoms with E-state index in [1.54, 1.807) is 25.1 Å². The van der Waals surface area contributed by atoms with E-state index in [0.29, 0.717) is 5.69 Å². The number of carbonyl (C=O) groups excluding carboxylic acids is 3. The molecule has 0 fully saturated rings. The molecule has 2 N–H and O–H groups in total. The van der Waals surface area contributed by atoms with Gasteiger partial charge in [-0.05, 0) is 67.4 Å². The molecule has 184 valence electrons. The first kappa shape index (κ1) is 25.0. The molecule has 4 rings (SSSR count). The number of carbonyl (C=O) groups is 3. The van der Waals surface area contributed by atoms with Gasteiger partial charge in [0.2, 0.25) is 0 Å². The number of nitrogens with one attached hydrogen (secondary N) is 2. The van der Waals surface area contributed by atoms with E-state index in [4.69, 9.17) is 11.6 Å². The molecular formula is C26H19ClF3N3O3. The van der Waals surface area contributed by atoms with Gasteiger partial charge in [-0.1, -0.05) is 35.9 Å².